The lowest BCUT2D eigenvalue weighted by Gasteiger charge is -2.33. The van der Waals surface area contributed by atoms with Crippen LogP contribution in [0.1, 0.15) is 17.0 Å². The first kappa shape index (κ1) is 19.7. The first-order valence-corrected chi connectivity index (χ1v) is 9.68. The molecule has 4 rings (SSSR count). The number of carboxylic acid groups (broad SMARTS) is 1. The van der Waals surface area contributed by atoms with Gasteiger partial charge in [-0.25, -0.2) is 18.2 Å². The van der Waals surface area contributed by atoms with Crippen LogP contribution in [0.25, 0.3) is 10.2 Å². The highest BCUT2D eigenvalue weighted by Crippen LogP contribution is 2.36. The zero-order valence-electron chi connectivity index (χ0n) is 14.6. The largest absolute Gasteiger partial charge is 0.481 e. The second-order valence-corrected chi connectivity index (χ2v) is 8.16. The Morgan fingerprint density at radius 3 is 2.76 bits per heavy atom. The van der Waals surface area contributed by atoms with Gasteiger partial charge in [-0.1, -0.05) is 11.6 Å². The van der Waals surface area contributed by atoms with Crippen LogP contribution in [0.4, 0.5) is 18.9 Å². The monoisotopic (exact) mass is 440 g/mol. The summed E-state index contributed by atoms with van der Waals surface area (Å²) in [5.74, 6) is -5.91. The van der Waals surface area contributed by atoms with Crippen LogP contribution < -0.4 is 4.90 Å². The number of anilines is 1. The Balaban J connectivity index is 1.76. The lowest BCUT2D eigenvalue weighted by Crippen LogP contribution is -2.41. The van der Waals surface area contributed by atoms with E-state index in [-0.39, 0.29) is 29.1 Å². The molecule has 1 amide bonds. The molecular weight excluding hydrogens is 429 g/mol. The quantitative estimate of drug-likeness (QED) is 0.604. The fourth-order valence-corrected chi connectivity index (χ4v) is 4.59. The smallest absolute Gasteiger partial charge is 0.304 e. The first-order chi connectivity index (χ1) is 13.7. The predicted octanol–water partition coefficient (Wildman–Crippen LogP) is 4.55. The third kappa shape index (κ3) is 3.56. The highest BCUT2D eigenvalue weighted by atomic mass is 35.5. The highest BCUT2D eigenvalue weighted by Gasteiger charge is 2.35. The highest BCUT2D eigenvalue weighted by molar-refractivity contribution is 7.18. The number of amides is 1. The molecule has 1 N–H and O–H groups in total. The Kier molecular flexibility index (Phi) is 4.95. The molecule has 5 nitrogen and oxygen atoms in total. The van der Waals surface area contributed by atoms with Crippen molar-refractivity contribution in [1.82, 2.24) is 4.98 Å². The maximum Gasteiger partial charge on any atom is 0.304 e. The molecule has 1 unspecified atom stereocenters. The first-order valence-electron chi connectivity index (χ1n) is 8.49. The lowest BCUT2D eigenvalue weighted by molar-refractivity contribution is -0.140. The van der Waals surface area contributed by atoms with Crippen LogP contribution in [0, 0.1) is 23.4 Å². The molecule has 0 saturated carbocycles. The van der Waals surface area contributed by atoms with Crippen LogP contribution in [0.5, 0.6) is 0 Å². The van der Waals surface area contributed by atoms with Crippen molar-refractivity contribution in [2.75, 3.05) is 4.90 Å². The summed E-state index contributed by atoms with van der Waals surface area (Å²) < 4.78 is 41.3. The Hall–Kier alpha value is -2.65. The summed E-state index contributed by atoms with van der Waals surface area (Å²) in [6.45, 7) is -0.135. The fraction of sp³-hybridized carbons (Fsp3) is 0.211. The topological polar surface area (TPSA) is 70.5 Å². The van der Waals surface area contributed by atoms with Crippen molar-refractivity contribution < 1.29 is 27.9 Å². The van der Waals surface area contributed by atoms with E-state index in [0.29, 0.717) is 22.3 Å². The standard InChI is InChI=1S/C19H12ClF3N2O3S/c20-10-1-2-13-8(4-10)3-9(5-15(26)27)19(28)25(13)7-14-24-17-16(23)11(21)6-12(22)18(17)29-14/h1-2,4,6,9H,3,5,7H2,(H,26,27). The number of carbonyl (C=O) groups excluding carboxylic acids is 1. The molecule has 0 spiro atoms. The van der Waals surface area contributed by atoms with Gasteiger partial charge in [-0.2, -0.15) is 0 Å². The summed E-state index contributed by atoms with van der Waals surface area (Å²) in [6.07, 6.45) is -0.151. The van der Waals surface area contributed by atoms with E-state index < -0.39 is 40.8 Å². The molecule has 0 bridgehead atoms. The number of carbonyl (C=O) groups is 2. The van der Waals surface area contributed by atoms with Gasteiger partial charge in [0.05, 0.1) is 23.6 Å². The van der Waals surface area contributed by atoms with Gasteiger partial charge in [0.25, 0.3) is 0 Å². The molecule has 0 radical (unpaired) electrons. The maximum absolute atomic E-state index is 14.0. The van der Waals surface area contributed by atoms with E-state index in [0.717, 1.165) is 11.3 Å². The maximum atomic E-state index is 14.0. The number of hydrogen-bond donors (Lipinski definition) is 1. The van der Waals surface area contributed by atoms with Gasteiger partial charge in [-0.3, -0.25) is 9.59 Å². The van der Waals surface area contributed by atoms with Crippen molar-refractivity contribution in [3.8, 4) is 0 Å². The van der Waals surface area contributed by atoms with Gasteiger partial charge < -0.3 is 10.0 Å². The molecule has 150 valence electrons. The second-order valence-electron chi connectivity index (χ2n) is 6.64. The molecule has 2 heterocycles. The molecule has 1 aliphatic rings. The van der Waals surface area contributed by atoms with Crippen molar-refractivity contribution in [2.24, 2.45) is 5.92 Å². The summed E-state index contributed by atoms with van der Waals surface area (Å²) >= 11 is 6.83. The van der Waals surface area contributed by atoms with E-state index in [2.05, 4.69) is 4.98 Å². The number of fused-ring (bicyclic) bond motifs is 2. The van der Waals surface area contributed by atoms with Crippen molar-refractivity contribution in [2.45, 2.75) is 19.4 Å². The molecule has 1 atom stereocenters. The summed E-state index contributed by atoms with van der Waals surface area (Å²) in [4.78, 5) is 29.4. The van der Waals surface area contributed by atoms with Gasteiger partial charge >= 0.3 is 5.97 Å². The summed E-state index contributed by atoms with van der Waals surface area (Å²) in [5.41, 5.74) is 0.769. The number of carboxylic acids is 1. The number of thiazole rings is 1. The van der Waals surface area contributed by atoms with Gasteiger partial charge in [0.1, 0.15) is 16.3 Å². The Bertz CT molecular complexity index is 1170. The fourth-order valence-electron chi connectivity index (χ4n) is 3.44. The average Bonchev–Trinajstić information content (AvgIpc) is 3.07. The summed E-state index contributed by atoms with van der Waals surface area (Å²) in [5, 5.41) is 9.74. The van der Waals surface area contributed by atoms with Crippen molar-refractivity contribution in [3.05, 3.63) is 57.3 Å². The molecule has 29 heavy (non-hydrogen) atoms. The zero-order valence-corrected chi connectivity index (χ0v) is 16.2. The number of rotatable bonds is 4. The van der Waals surface area contributed by atoms with Gasteiger partial charge in [-0.15, -0.1) is 11.3 Å². The van der Waals surface area contributed by atoms with Crippen molar-refractivity contribution in [1.29, 1.82) is 0 Å². The summed E-state index contributed by atoms with van der Waals surface area (Å²) in [6, 6.07) is 5.32. The third-order valence-corrected chi connectivity index (χ3v) is 5.97. The number of nitrogens with zero attached hydrogens (tertiary/aromatic N) is 2. The molecule has 0 aliphatic carbocycles. The molecule has 10 heteroatoms. The summed E-state index contributed by atoms with van der Waals surface area (Å²) in [7, 11) is 0. The van der Waals surface area contributed by atoms with Crippen LogP contribution in [0.3, 0.4) is 0 Å². The van der Waals surface area contributed by atoms with Gasteiger partial charge in [0.2, 0.25) is 5.91 Å². The van der Waals surface area contributed by atoms with Gasteiger partial charge in [0.15, 0.2) is 11.6 Å². The molecular formula is C19H12ClF3N2O3S. The third-order valence-electron chi connectivity index (χ3n) is 4.69. The lowest BCUT2D eigenvalue weighted by atomic mass is 9.89. The number of hydrogen-bond acceptors (Lipinski definition) is 4. The van der Waals surface area contributed by atoms with E-state index >= 15 is 0 Å². The molecule has 3 aromatic rings. The van der Waals surface area contributed by atoms with Gasteiger partial charge in [0, 0.05) is 16.8 Å². The second kappa shape index (κ2) is 7.31. The SMILES string of the molecule is O=C(O)CC1Cc2cc(Cl)ccc2N(Cc2nc3c(F)c(F)cc(F)c3s2)C1=O. The van der Waals surface area contributed by atoms with Crippen molar-refractivity contribution in [3.63, 3.8) is 0 Å². The van der Waals surface area contributed by atoms with Gasteiger partial charge in [-0.05, 0) is 30.2 Å². The predicted molar refractivity (Wildman–Crippen MR) is 102 cm³/mol. The molecule has 1 aliphatic heterocycles. The minimum atomic E-state index is -1.34. The van der Waals surface area contributed by atoms with E-state index in [1.807, 2.05) is 0 Å². The van der Waals surface area contributed by atoms with Crippen molar-refractivity contribution >= 4 is 50.7 Å². The molecule has 2 aromatic carbocycles. The van der Waals surface area contributed by atoms with Crippen LogP contribution in [-0.2, 0) is 22.6 Å². The Morgan fingerprint density at radius 2 is 2.03 bits per heavy atom. The Labute approximate surface area is 171 Å². The van der Waals surface area contributed by atoms with Crippen LogP contribution >= 0.6 is 22.9 Å². The number of benzene rings is 2. The number of aliphatic carboxylic acids is 1. The van der Waals surface area contributed by atoms with Crippen LogP contribution in [-0.4, -0.2) is 22.0 Å². The molecule has 0 saturated heterocycles. The molecule has 0 fully saturated rings. The number of halogens is 4. The number of aromatic nitrogens is 1. The Morgan fingerprint density at radius 1 is 1.28 bits per heavy atom. The average molecular weight is 441 g/mol. The van der Waals surface area contributed by atoms with E-state index in [1.165, 1.54) is 4.90 Å². The van der Waals surface area contributed by atoms with Crippen LogP contribution in [0.15, 0.2) is 24.3 Å². The van der Waals surface area contributed by atoms with E-state index in [9.17, 15) is 22.8 Å². The zero-order chi connectivity index (χ0) is 20.9. The normalized spacial score (nSPS) is 16.3. The van der Waals surface area contributed by atoms with Crippen LogP contribution in [0.2, 0.25) is 5.02 Å². The van der Waals surface area contributed by atoms with E-state index in [4.69, 9.17) is 16.7 Å². The molecule has 1 aromatic heterocycles. The minimum absolute atomic E-state index is 0.135. The minimum Gasteiger partial charge on any atom is -0.481 e. The van der Waals surface area contributed by atoms with E-state index in [1.54, 1.807) is 18.2 Å².